The fraction of sp³-hybridized carbons (Fsp3) is 0.167. The van der Waals surface area contributed by atoms with Gasteiger partial charge in [-0.1, -0.05) is 6.07 Å². The van der Waals surface area contributed by atoms with E-state index in [-0.39, 0.29) is 29.4 Å². The number of hydrogen-bond donors (Lipinski definition) is 0. The van der Waals surface area contributed by atoms with Crippen LogP contribution < -0.4 is 19.8 Å². The maximum absolute atomic E-state index is 15.2. The average Bonchev–Trinajstić information content (AvgIpc) is 2.96. The largest absolute Gasteiger partial charge is 0.491 e. The quantitative estimate of drug-likeness (QED) is 0.236. The lowest BCUT2D eigenvalue weighted by Crippen LogP contribution is -2.30. The molecule has 0 amide bonds. The van der Waals surface area contributed by atoms with Crippen LogP contribution in [-0.2, 0) is 6.42 Å². The van der Waals surface area contributed by atoms with Crippen LogP contribution in [0, 0.1) is 25.5 Å². The molecule has 0 fully saturated rings. The van der Waals surface area contributed by atoms with E-state index in [9.17, 15) is 14.0 Å². The molecule has 0 aliphatic heterocycles. The molecule has 5 rings (SSSR count). The summed E-state index contributed by atoms with van der Waals surface area (Å²) >= 11 is 0. The normalized spacial score (nSPS) is 11.0. The minimum Gasteiger partial charge on any atom is -0.491 e. The molecule has 0 unspecified atom stereocenters. The van der Waals surface area contributed by atoms with Crippen molar-refractivity contribution in [1.29, 1.82) is 0 Å². The Morgan fingerprint density at radius 2 is 1.68 bits per heavy atom. The fourth-order valence-electron chi connectivity index (χ4n) is 4.32. The van der Waals surface area contributed by atoms with Crippen LogP contribution in [0.25, 0.3) is 16.7 Å². The van der Waals surface area contributed by atoms with Crippen LogP contribution in [0.5, 0.6) is 23.1 Å². The zero-order valence-electron chi connectivity index (χ0n) is 22.6. The number of halogens is 2. The Morgan fingerprint density at radius 1 is 0.927 bits per heavy atom. The lowest BCUT2D eigenvalue weighted by atomic mass is 9.99. The molecule has 208 valence electrons. The van der Waals surface area contributed by atoms with Crippen molar-refractivity contribution in [3.05, 3.63) is 105 Å². The van der Waals surface area contributed by atoms with E-state index in [4.69, 9.17) is 14.2 Å². The predicted octanol–water partition coefficient (Wildman–Crippen LogP) is 5.31. The van der Waals surface area contributed by atoms with Crippen LogP contribution in [0.2, 0.25) is 0 Å². The number of nitrogens with zero attached hydrogens (tertiary/aromatic N) is 4. The number of hydrogen-bond acceptors (Lipinski definition) is 8. The Bertz CT molecular complexity index is 1860. The number of methoxy groups -OCH3 is 2. The zero-order valence-corrected chi connectivity index (χ0v) is 22.6. The summed E-state index contributed by atoms with van der Waals surface area (Å²) < 4.78 is 46.0. The predicted molar refractivity (Wildman–Crippen MR) is 146 cm³/mol. The molecule has 5 aromatic rings. The van der Waals surface area contributed by atoms with Gasteiger partial charge in [0.15, 0.2) is 28.8 Å². The first-order valence-corrected chi connectivity index (χ1v) is 12.4. The van der Waals surface area contributed by atoms with Gasteiger partial charge in [0.05, 0.1) is 36.7 Å². The summed E-state index contributed by atoms with van der Waals surface area (Å²) in [6, 6.07) is 12.5. The first kappa shape index (κ1) is 27.4. The Balaban J connectivity index is 1.43. The van der Waals surface area contributed by atoms with Crippen molar-refractivity contribution in [3.8, 4) is 28.8 Å². The molecule has 0 atom stereocenters. The van der Waals surface area contributed by atoms with Gasteiger partial charge in [0.25, 0.3) is 11.4 Å². The van der Waals surface area contributed by atoms with Crippen LogP contribution in [0.4, 0.5) is 8.78 Å². The molecule has 0 aliphatic rings. The molecule has 0 aliphatic carbocycles. The Labute approximate surface area is 233 Å². The van der Waals surface area contributed by atoms with E-state index in [0.717, 1.165) is 4.68 Å². The maximum atomic E-state index is 15.2. The summed E-state index contributed by atoms with van der Waals surface area (Å²) in [5, 5.41) is 4.26. The lowest BCUT2D eigenvalue weighted by Gasteiger charge is -2.13. The summed E-state index contributed by atoms with van der Waals surface area (Å²) in [7, 11) is 2.92. The maximum Gasteiger partial charge on any atom is 0.282 e. The van der Waals surface area contributed by atoms with Crippen molar-refractivity contribution in [1.82, 2.24) is 19.7 Å². The lowest BCUT2D eigenvalue weighted by molar-refractivity contribution is 0.0990. The molecule has 0 radical (unpaired) electrons. The second-order valence-electron chi connectivity index (χ2n) is 9.12. The topological polar surface area (TPSA) is 105 Å². The molecule has 11 heteroatoms. The molecule has 3 heterocycles. The van der Waals surface area contributed by atoms with E-state index < -0.39 is 23.0 Å². The summed E-state index contributed by atoms with van der Waals surface area (Å²) in [4.78, 5) is 35.2. The van der Waals surface area contributed by atoms with Crippen molar-refractivity contribution in [2.45, 2.75) is 20.3 Å². The van der Waals surface area contributed by atoms with Gasteiger partial charge in [-0.2, -0.15) is 9.78 Å². The highest BCUT2D eigenvalue weighted by atomic mass is 19.1. The highest BCUT2D eigenvalue weighted by Crippen LogP contribution is 2.34. The van der Waals surface area contributed by atoms with Gasteiger partial charge in [0, 0.05) is 24.8 Å². The molecule has 0 bridgehead atoms. The first-order chi connectivity index (χ1) is 19.7. The Kier molecular flexibility index (Phi) is 7.43. The molecule has 0 N–H and O–H groups in total. The third-order valence-corrected chi connectivity index (χ3v) is 6.53. The van der Waals surface area contributed by atoms with Gasteiger partial charge < -0.3 is 14.2 Å². The molecule has 9 nitrogen and oxygen atoms in total. The molecular formula is C30H24F2N4O5. The molecule has 0 saturated carbocycles. The Morgan fingerprint density at radius 3 is 2.37 bits per heavy atom. The van der Waals surface area contributed by atoms with Gasteiger partial charge in [-0.15, -0.1) is 0 Å². The highest BCUT2D eigenvalue weighted by Gasteiger charge is 2.21. The van der Waals surface area contributed by atoms with E-state index in [2.05, 4.69) is 15.1 Å². The van der Waals surface area contributed by atoms with E-state index in [1.165, 1.54) is 56.8 Å². The minimum absolute atomic E-state index is 0.0683. The van der Waals surface area contributed by atoms with Crippen LogP contribution >= 0.6 is 0 Å². The Hall–Kier alpha value is -5.19. The van der Waals surface area contributed by atoms with Crippen molar-refractivity contribution in [3.63, 3.8) is 0 Å². The number of benzene rings is 2. The van der Waals surface area contributed by atoms with E-state index in [1.54, 1.807) is 32.0 Å². The SMILES string of the molecule is COc1cc2nccc(Oc3ccc(CC(=O)c4c(C)c(C)nn(-c5ccc(F)cc5)c4=O)cc3F)c2nc1OC. The first-order valence-electron chi connectivity index (χ1n) is 12.4. The second-order valence-corrected chi connectivity index (χ2v) is 9.12. The van der Waals surface area contributed by atoms with Gasteiger partial charge in [0.1, 0.15) is 11.3 Å². The van der Waals surface area contributed by atoms with Gasteiger partial charge in [-0.25, -0.2) is 13.8 Å². The van der Waals surface area contributed by atoms with Crippen LogP contribution in [-0.4, -0.2) is 39.8 Å². The summed E-state index contributed by atoms with van der Waals surface area (Å²) in [5.41, 5.74) is 1.61. The van der Waals surface area contributed by atoms with Crippen molar-refractivity contribution in [2.24, 2.45) is 0 Å². The monoisotopic (exact) mass is 558 g/mol. The third-order valence-electron chi connectivity index (χ3n) is 6.53. The summed E-state index contributed by atoms with van der Waals surface area (Å²) in [5.74, 6) is -0.951. The van der Waals surface area contributed by atoms with Crippen LogP contribution in [0.1, 0.15) is 27.2 Å². The van der Waals surface area contributed by atoms with Crippen molar-refractivity contribution in [2.75, 3.05) is 14.2 Å². The number of pyridine rings is 2. The van der Waals surface area contributed by atoms with E-state index in [1.807, 2.05) is 0 Å². The molecule has 0 spiro atoms. The fourth-order valence-corrected chi connectivity index (χ4v) is 4.32. The standard InChI is InChI=1S/C30H24F2N4O5/c1-16-17(2)35-36(20-8-6-19(31)7-9-20)30(38)27(16)23(37)14-18-5-10-24(21(32)13-18)41-25-11-12-33-22-15-26(39-3)29(40-4)34-28(22)25/h5-13,15H,14H2,1-4H3. The molecule has 41 heavy (non-hydrogen) atoms. The van der Waals surface area contributed by atoms with Gasteiger partial charge in [0.2, 0.25) is 0 Å². The van der Waals surface area contributed by atoms with Crippen LogP contribution in [0.3, 0.4) is 0 Å². The molecule has 2 aromatic carbocycles. The number of carbonyl (C=O) groups excluding carboxylic acids is 1. The summed E-state index contributed by atoms with van der Waals surface area (Å²) in [6.07, 6.45) is 1.25. The van der Waals surface area contributed by atoms with Gasteiger partial charge in [-0.05, 0) is 61.4 Å². The zero-order chi connectivity index (χ0) is 29.3. The smallest absolute Gasteiger partial charge is 0.282 e. The van der Waals surface area contributed by atoms with Gasteiger partial charge in [-0.3, -0.25) is 14.6 Å². The van der Waals surface area contributed by atoms with E-state index >= 15 is 4.39 Å². The number of ketones is 1. The number of Topliss-reactive ketones (excluding diaryl/α,β-unsaturated/α-hetero) is 1. The molecule has 0 saturated heterocycles. The second kappa shape index (κ2) is 11.1. The minimum atomic E-state index is -0.716. The van der Waals surface area contributed by atoms with Gasteiger partial charge >= 0.3 is 0 Å². The average molecular weight is 559 g/mol. The molecule has 3 aromatic heterocycles. The van der Waals surface area contributed by atoms with Crippen molar-refractivity contribution >= 4 is 16.8 Å². The van der Waals surface area contributed by atoms with Crippen LogP contribution in [0.15, 0.2) is 65.6 Å². The number of fused-ring (bicyclic) bond motifs is 1. The van der Waals surface area contributed by atoms with Crippen molar-refractivity contribution < 1.29 is 27.8 Å². The third kappa shape index (κ3) is 5.33. The number of aromatic nitrogens is 4. The summed E-state index contributed by atoms with van der Waals surface area (Å²) in [6.45, 7) is 3.29. The number of ether oxygens (including phenoxy) is 3. The number of rotatable bonds is 8. The number of carbonyl (C=O) groups is 1. The van der Waals surface area contributed by atoms with E-state index in [0.29, 0.717) is 39.3 Å². The highest BCUT2D eigenvalue weighted by molar-refractivity contribution is 5.98. The molecular weight excluding hydrogens is 534 g/mol. The number of aryl methyl sites for hydroxylation is 1.